The quantitative estimate of drug-likeness (QED) is 0.521. The molecule has 13 heavy (non-hydrogen) atoms. The van der Waals surface area contributed by atoms with Crippen molar-refractivity contribution in [3.05, 3.63) is 11.1 Å². The highest BCUT2D eigenvalue weighted by Gasteiger charge is 2.36. The predicted molar refractivity (Wildman–Crippen MR) is 53.4 cm³/mol. The van der Waals surface area contributed by atoms with E-state index in [1.807, 2.05) is 0 Å². The van der Waals surface area contributed by atoms with Crippen LogP contribution in [0.2, 0.25) is 0 Å². The fourth-order valence-corrected chi connectivity index (χ4v) is 3.05. The molecule has 2 unspecified atom stereocenters. The summed E-state index contributed by atoms with van der Waals surface area (Å²) in [5.74, 6) is 1.58. The molecule has 1 heteroatoms. The second-order valence-corrected chi connectivity index (χ2v) is 4.64. The zero-order valence-electron chi connectivity index (χ0n) is 8.60. The van der Waals surface area contributed by atoms with E-state index in [1.165, 1.54) is 24.0 Å². The van der Waals surface area contributed by atoms with E-state index in [4.69, 9.17) is 0 Å². The highest BCUT2D eigenvalue weighted by molar-refractivity contribution is 5.85. The van der Waals surface area contributed by atoms with Crippen molar-refractivity contribution in [1.82, 2.24) is 0 Å². The van der Waals surface area contributed by atoms with E-state index in [1.54, 1.807) is 0 Å². The Morgan fingerprint density at radius 2 is 2.00 bits per heavy atom. The van der Waals surface area contributed by atoms with Crippen LogP contribution in [-0.4, -0.2) is 5.78 Å². The van der Waals surface area contributed by atoms with E-state index in [0.29, 0.717) is 11.7 Å². The molecular formula is C12H18O. The standard InChI is InChI=1S/C12H18O/c1-8(2)12-9-4-3-5-10(12)11(13)7-6-9/h9-10H,3-7H2,1-2H3. The lowest BCUT2D eigenvalue weighted by atomic mass is 9.66. The maximum absolute atomic E-state index is 11.7. The summed E-state index contributed by atoms with van der Waals surface area (Å²) in [5.41, 5.74) is 2.91. The highest BCUT2D eigenvalue weighted by Crippen LogP contribution is 2.43. The van der Waals surface area contributed by atoms with Crippen molar-refractivity contribution in [1.29, 1.82) is 0 Å². The summed E-state index contributed by atoms with van der Waals surface area (Å²) in [6.07, 6.45) is 5.67. The Kier molecular flexibility index (Phi) is 2.27. The molecule has 0 aromatic rings. The average Bonchev–Trinajstić information content (AvgIpc) is 2.11. The number of allylic oxidation sites excluding steroid dienone is 2. The zero-order chi connectivity index (χ0) is 9.42. The van der Waals surface area contributed by atoms with Crippen molar-refractivity contribution in [3.63, 3.8) is 0 Å². The molecule has 0 saturated heterocycles. The van der Waals surface area contributed by atoms with Crippen LogP contribution in [0.5, 0.6) is 0 Å². The lowest BCUT2D eigenvalue weighted by Crippen LogP contribution is -2.32. The molecule has 2 aliphatic carbocycles. The van der Waals surface area contributed by atoms with Crippen LogP contribution in [0.25, 0.3) is 0 Å². The Bertz CT molecular complexity index is 258. The summed E-state index contributed by atoms with van der Waals surface area (Å²) in [7, 11) is 0. The summed E-state index contributed by atoms with van der Waals surface area (Å²) >= 11 is 0. The van der Waals surface area contributed by atoms with E-state index < -0.39 is 0 Å². The molecule has 2 aliphatic rings. The van der Waals surface area contributed by atoms with Gasteiger partial charge in [0.25, 0.3) is 0 Å². The lowest BCUT2D eigenvalue weighted by molar-refractivity contribution is -0.124. The first kappa shape index (κ1) is 8.98. The maximum Gasteiger partial charge on any atom is 0.140 e. The van der Waals surface area contributed by atoms with Gasteiger partial charge in [0.1, 0.15) is 5.78 Å². The minimum atomic E-state index is 0.317. The number of hydrogen-bond acceptors (Lipinski definition) is 1. The molecule has 0 aromatic carbocycles. The number of Topliss-reactive ketones (excluding diaryl/α,β-unsaturated/α-hetero) is 1. The fraction of sp³-hybridized carbons (Fsp3) is 0.750. The van der Waals surface area contributed by atoms with Gasteiger partial charge in [-0.2, -0.15) is 0 Å². The van der Waals surface area contributed by atoms with Gasteiger partial charge in [-0.05, 0) is 39.0 Å². The van der Waals surface area contributed by atoms with Gasteiger partial charge in [0, 0.05) is 12.3 Å². The minimum Gasteiger partial charge on any atom is -0.299 e. The van der Waals surface area contributed by atoms with Gasteiger partial charge in [-0.15, -0.1) is 0 Å². The summed E-state index contributed by atoms with van der Waals surface area (Å²) in [4.78, 5) is 11.7. The molecule has 2 saturated carbocycles. The third kappa shape index (κ3) is 1.45. The van der Waals surface area contributed by atoms with Gasteiger partial charge in [-0.25, -0.2) is 0 Å². The van der Waals surface area contributed by atoms with Crippen molar-refractivity contribution in [3.8, 4) is 0 Å². The van der Waals surface area contributed by atoms with Gasteiger partial charge in [-0.3, -0.25) is 4.79 Å². The number of rotatable bonds is 0. The molecule has 0 heterocycles. The SMILES string of the molecule is CC(C)=C1C2CCCC1C(=O)CC2. The summed E-state index contributed by atoms with van der Waals surface area (Å²) < 4.78 is 0. The largest absolute Gasteiger partial charge is 0.299 e. The van der Waals surface area contributed by atoms with E-state index in [0.717, 1.165) is 25.2 Å². The molecular weight excluding hydrogens is 160 g/mol. The molecule has 0 aliphatic heterocycles. The number of fused-ring (bicyclic) bond motifs is 2. The van der Waals surface area contributed by atoms with E-state index >= 15 is 0 Å². The Morgan fingerprint density at radius 3 is 2.62 bits per heavy atom. The monoisotopic (exact) mass is 178 g/mol. The van der Waals surface area contributed by atoms with E-state index in [2.05, 4.69) is 13.8 Å². The van der Waals surface area contributed by atoms with Gasteiger partial charge in [0.2, 0.25) is 0 Å². The third-order valence-corrected chi connectivity index (χ3v) is 3.57. The van der Waals surface area contributed by atoms with Crippen LogP contribution < -0.4 is 0 Å². The summed E-state index contributed by atoms with van der Waals surface area (Å²) in [6.45, 7) is 4.33. The third-order valence-electron chi connectivity index (χ3n) is 3.57. The molecule has 2 rings (SSSR count). The molecule has 2 bridgehead atoms. The Labute approximate surface area is 80.2 Å². The molecule has 2 atom stereocenters. The van der Waals surface area contributed by atoms with Gasteiger partial charge >= 0.3 is 0 Å². The van der Waals surface area contributed by atoms with Crippen LogP contribution in [0.15, 0.2) is 11.1 Å². The van der Waals surface area contributed by atoms with Crippen LogP contribution in [0.3, 0.4) is 0 Å². The molecule has 72 valence electrons. The van der Waals surface area contributed by atoms with Crippen molar-refractivity contribution < 1.29 is 4.79 Å². The number of carbonyl (C=O) groups is 1. The van der Waals surface area contributed by atoms with Crippen LogP contribution in [0.4, 0.5) is 0 Å². The Morgan fingerprint density at radius 1 is 1.23 bits per heavy atom. The average molecular weight is 178 g/mol. The van der Waals surface area contributed by atoms with Gasteiger partial charge in [0.15, 0.2) is 0 Å². The second-order valence-electron chi connectivity index (χ2n) is 4.64. The Balaban J connectivity index is 2.34. The first-order valence-corrected chi connectivity index (χ1v) is 5.40. The molecule has 0 amide bonds. The lowest BCUT2D eigenvalue weighted by Gasteiger charge is -2.37. The normalized spacial score (nSPS) is 33.4. The summed E-state index contributed by atoms with van der Waals surface area (Å²) in [6, 6.07) is 0. The first-order chi connectivity index (χ1) is 6.20. The smallest absolute Gasteiger partial charge is 0.140 e. The topological polar surface area (TPSA) is 17.1 Å². The molecule has 0 spiro atoms. The van der Waals surface area contributed by atoms with Crippen molar-refractivity contribution in [2.75, 3.05) is 0 Å². The van der Waals surface area contributed by atoms with Crippen LogP contribution in [-0.2, 0) is 4.79 Å². The van der Waals surface area contributed by atoms with Gasteiger partial charge in [-0.1, -0.05) is 17.6 Å². The maximum atomic E-state index is 11.7. The van der Waals surface area contributed by atoms with Crippen molar-refractivity contribution in [2.24, 2.45) is 11.8 Å². The summed E-state index contributed by atoms with van der Waals surface area (Å²) in [5, 5.41) is 0. The van der Waals surface area contributed by atoms with Gasteiger partial charge < -0.3 is 0 Å². The molecule has 0 radical (unpaired) electrons. The molecule has 0 N–H and O–H groups in total. The number of hydrogen-bond donors (Lipinski definition) is 0. The number of carbonyl (C=O) groups excluding carboxylic acids is 1. The van der Waals surface area contributed by atoms with E-state index in [-0.39, 0.29) is 0 Å². The van der Waals surface area contributed by atoms with Crippen molar-refractivity contribution >= 4 is 5.78 Å². The van der Waals surface area contributed by atoms with Crippen molar-refractivity contribution in [2.45, 2.75) is 46.0 Å². The second kappa shape index (κ2) is 3.28. The first-order valence-electron chi connectivity index (χ1n) is 5.40. The molecule has 2 fully saturated rings. The molecule has 0 aromatic heterocycles. The van der Waals surface area contributed by atoms with Crippen LogP contribution in [0.1, 0.15) is 46.0 Å². The minimum absolute atomic E-state index is 0.317. The fourth-order valence-electron chi connectivity index (χ4n) is 3.05. The highest BCUT2D eigenvalue weighted by atomic mass is 16.1. The van der Waals surface area contributed by atoms with Gasteiger partial charge in [0.05, 0.1) is 0 Å². The molecule has 1 nitrogen and oxygen atoms in total. The predicted octanol–water partition coefficient (Wildman–Crippen LogP) is 3.10. The Hall–Kier alpha value is -0.590. The number of ketones is 1. The van der Waals surface area contributed by atoms with Crippen LogP contribution >= 0.6 is 0 Å². The van der Waals surface area contributed by atoms with Crippen LogP contribution in [0, 0.1) is 11.8 Å². The zero-order valence-corrected chi connectivity index (χ0v) is 8.60. The van der Waals surface area contributed by atoms with E-state index in [9.17, 15) is 4.79 Å².